The molecule has 2 aliphatic rings. The number of benzene rings is 1. The molecular formula is C24H30N6O. The predicted molar refractivity (Wildman–Crippen MR) is 118 cm³/mol. The zero-order valence-electron chi connectivity index (χ0n) is 18.0. The molecule has 7 heteroatoms. The molecule has 7 nitrogen and oxygen atoms in total. The summed E-state index contributed by atoms with van der Waals surface area (Å²) in [5.74, 6) is 2.76. The standard InChI is InChI=1S/C24H30N6O/c31-23(13-12-19-16-25-30(17-19)21-9-3-1-4-10-21)28-14-7-8-20(18-28)24-27-26-22-11-5-2-6-15-29(22)24/h1,3-4,9-10,16-17,20H,2,5-8,11-15,18H2. The Hall–Kier alpha value is -2.96. The number of likely N-dealkylation sites (tertiary alicyclic amines) is 1. The van der Waals surface area contributed by atoms with Gasteiger partial charge in [-0.05, 0) is 49.8 Å². The van der Waals surface area contributed by atoms with Crippen LogP contribution in [-0.2, 0) is 24.2 Å². The topological polar surface area (TPSA) is 68.8 Å². The zero-order valence-corrected chi connectivity index (χ0v) is 18.0. The highest BCUT2D eigenvalue weighted by atomic mass is 16.2. The maximum Gasteiger partial charge on any atom is 0.222 e. The molecule has 0 radical (unpaired) electrons. The van der Waals surface area contributed by atoms with Gasteiger partial charge < -0.3 is 9.47 Å². The van der Waals surface area contributed by atoms with Crippen molar-refractivity contribution < 1.29 is 4.79 Å². The molecule has 0 spiro atoms. The van der Waals surface area contributed by atoms with Gasteiger partial charge in [0, 0.05) is 44.6 Å². The molecule has 1 saturated heterocycles. The van der Waals surface area contributed by atoms with Crippen molar-refractivity contribution in [1.82, 2.24) is 29.4 Å². The Labute approximate surface area is 183 Å². The fraction of sp³-hybridized carbons (Fsp3) is 0.500. The second-order valence-corrected chi connectivity index (χ2v) is 8.74. The monoisotopic (exact) mass is 418 g/mol. The average Bonchev–Trinajstić information content (AvgIpc) is 3.39. The SMILES string of the molecule is O=C(CCc1cnn(-c2ccccc2)c1)N1CCCC(c2nnc3n2CCCCC3)C1. The van der Waals surface area contributed by atoms with E-state index in [4.69, 9.17) is 0 Å². The Bertz CT molecular complexity index is 1020. The van der Waals surface area contributed by atoms with E-state index in [-0.39, 0.29) is 5.91 Å². The van der Waals surface area contributed by atoms with Crippen molar-refractivity contribution in [3.63, 3.8) is 0 Å². The van der Waals surface area contributed by atoms with Gasteiger partial charge >= 0.3 is 0 Å². The van der Waals surface area contributed by atoms with E-state index in [1.165, 1.54) is 19.3 Å². The molecule has 1 atom stereocenters. The Morgan fingerprint density at radius 1 is 1.03 bits per heavy atom. The minimum Gasteiger partial charge on any atom is -0.342 e. The third-order valence-electron chi connectivity index (χ3n) is 6.56. The van der Waals surface area contributed by atoms with Crippen LogP contribution in [0.2, 0.25) is 0 Å². The van der Waals surface area contributed by atoms with Crippen LogP contribution >= 0.6 is 0 Å². The van der Waals surface area contributed by atoms with Gasteiger partial charge in [0.15, 0.2) is 0 Å². The molecule has 1 aromatic carbocycles. The number of fused-ring (bicyclic) bond motifs is 1. The fourth-order valence-electron chi connectivity index (χ4n) is 4.84. The molecule has 2 aromatic heterocycles. The molecule has 0 N–H and O–H groups in total. The molecule has 0 saturated carbocycles. The Morgan fingerprint density at radius 2 is 1.94 bits per heavy atom. The van der Waals surface area contributed by atoms with Crippen molar-refractivity contribution >= 4 is 5.91 Å². The number of hydrogen-bond donors (Lipinski definition) is 0. The lowest BCUT2D eigenvalue weighted by atomic mass is 9.96. The van der Waals surface area contributed by atoms with Crippen LogP contribution in [-0.4, -0.2) is 48.4 Å². The Kier molecular flexibility index (Phi) is 5.82. The summed E-state index contributed by atoms with van der Waals surface area (Å²) < 4.78 is 4.21. The summed E-state index contributed by atoms with van der Waals surface area (Å²) >= 11 is 0. The normalized spacial score (nSPS) is 19.1. The third-order valence-corrected chi connectivity index (χ3v) is 6.56. The van der Waals surface area contributed by atoms with E-state index in [1.54, 1.807) is 0 Å². The molecule has 5 rings (SSSR count). The van der Waals surface area contributed by atoms with Crippen molar-refractivity contribution in [3.8, 4) is 5.69 Å². The van der Waals surface area contributed by atoms with Crippen molar-refractivity contribution in [2.75, 3.05) is 13.1 Å². The first-order valence-electron chi connectivity index (χ1n) is 11.6. The number of carbonyl (C=O) groups excluding carboxylic acids is 1. The summed E-state index contributed by atoms with van der Waals surface area (Å²) in [6.07, 6.45) is 11.9. The van der Waals surface area contributed by atoms with Crippen LogP contribution in [0.1, 0.15) is 61.7 Å². The first-order valence-corrected chi connectivity index (χ1v) is 11.6. The largest absolute Gasteiger partial charge is 0.342 e. The zero-order chi connectivity index (χ0) is 21.0. The summed E-state index contributed by atoms with van der Waals surface area (Å²) in [5.41, 5.74) is 2.12. The number of amides is 1. The quantitative estimate of drug-likeness (QED) is 0.636. The molecule has 1 amide bonds. The van der Waals surface area contributed by atoms with Crippen molar-refractivity contribution in [2.24, 2.45) is 0 Å². The van der Waals surface area contributed by atoms with Gasteiger partial charge in [0.1, 0.15) is 11.6 Å². The van der Waals surface area contributed by atoms with Crippen LogP contribution in [0.5, 0.6) is 0 Å². The number of piperidine rings is 1. The van der Waals surface area contributed by atoms with Crippen LogP contribution < -0.4 is 0 Å². The van der Waals surface area contributed by atoms with Gasteiger partial charge in [-0.25, -0.2) is 4.68 Å². The van der Waals surface area contributed by atoms with E-state index < -0.39 is 0 Å². The van der Waals surface area contributed by atoms with Crippen LogP contribution in [0, 0.1) is 0 Å². The highest BCUT2D eigenvalue weighted by molar-refractivity contribution is 5.76. The summed E-state index contributed by atoms with van der Waals surface area (Å²) in [4.78, 5) is 15.0. The lowest BCUT2D eigenvalue weighted by molar-refractivity contribution is -0.132. The van der Waals surface area contributed by atoms with Gasteiger partial charge in [-0.15, -0.1) is 10.2 Å². The van der Waals surface area contributed by atoms with Gasteiger partial charge in [-0.3, -0.25) is 4.79 Å². The molecule has 1 fully saturated rings. The van der Waals surface area contributed by atoms with E-state index in [9.17, 15) is 4.79 Å². The van der Waals surface area contributed by atoms with Crippen LogP contribution in [0.4, 0.5) is 0 Å². The Morgan fingerprint density at radius 3 is 2.84 bits per heavy atom. The lowest BCUT2D eigenvalue weighted by Gasteiger charge is -2.32. The summed E-state index contributed by atoms with van der Waals surface area (Å²) in [5, 5.41) is 13.5. The second kappa shape index (κ2) is 9.04. The minimum atomic E-state index is 0.229. The van der Waals surface area contributed by atoms with E-state index in [1.807, 2.05) is 52.3 Å². The molecule has 3 aromatic rings. The molecule has 1 unspecified atom stereocenters. The van der Waals surface area contributed by atoms with Gasteiger partial charge in [-0.2, -0.15) is 5.10 Å². The number of carbonyl (C=O) groups is 1. The van der Waals surface area contributed by atoms with Gasteiger partial charge in [0.05, 0.1) is 11.9 Å². The molecular weight excluding hydrogens is 388 g/mol. The number of rotatable bonds is 5. The summed E-state index contributed by atoms with van der Waals surface area (Å²) in [7, 11) is 0. The first kappa shape index (κ1) is 20.0. The molecule has 162 valence electrons. The molecule has 0 bridgehead atoms. The van der Waals surface area contributed by atoms with E-state index in [0.717, 1.165) is 61.8 Å². The highest BCUT2D eigenvalue weighted by Gasteiger charge is 2.29. The maximum absolute atomic E-state index is 13.0. The highest BCUT2D eigenvalue weighted by Crippen LogP contribution is 2.28. The Balaban J connectivity index is 1.20. The molecule has 2 aliphatic heterocycles. The van der Waals surface area contributed by atoms with Crippen molar-refractivity contribution in [1.29, 1.82) is 0 Å². The number of hydrogen-bond acceptors (Lipinski definition) is 4. The first-order chi connectivity index (χ1) is 15.3. The van der Waals surface area contributed by atoms with Gasteiger partial charge in [0.2, 0.25) is 5.91 Å². The fourth-order valence-corrected chi connectivity index (χ4v) is 4.84. The van der Waals surface area contributed by atoms with Crippen molar-refractivity contribution in [3.05, 3.63) is 59.9 Å². The van der Waals surface area contributed by atoms with Crippen LogP contribution in [0.3, 0.4) is 0 Å². The summed E-state index contributed by atoms with van der Waals surface area (Å²) in [6.45, 7) is 2.63. The van der Waals surface area contributed by atoms with Gasteiger partial charge in [0.25, 0.3) is 0 Å². The lowest BCUT2D eigenvalue weighted by Crippen LogP contribution is -2.40. The summed E-state index contributed by atoms with van der Waals surface area (Å²) in [6, 6.07) is 10.1. The minimum absolute atomic E-state index is 0.229. The van der Waals surface area contributed by atoms with Crippen molar-refractivity contribution in [2.45, 2.75) is 63.8 Å². The number of aromatic nitrogens is 5. The van der Waals surface area contributed by atoms with Crippen LogP contribution in [0.15, 0.2) is 42.7 Å². The maximum atomic E-state index is 13.0. The second-order valence-electron chi connectivity index (χ2n) is 8.74. The van der Waals surface area contributed by atoms with E-state index in [2.05, 4.69) is 19.9 Å². The molecule has 31 heavy (non-hydrogen) atoms. The van der Waals surface area contributed by atoms with Crippen LogP contribution in [0.25, 0.3) is 5.69 Å². The number of para-hydroxylation sites is 1. The average molecular weight is 419 g/mol. The van der Waals surface area contributed by atoms with Gasteiger partial charge in [-0.1, -0.05) is 24.6 Å². The smallest absolute Gasteiger partial charge is 0.222 e. The number of aryl methyl sites for hydroxylation is 2. The number of nitrogens with zero attached hydrogens (tertiary/aromatic N) is 6. The molecule has 4 heterocycles. The predicted octanol–water partition coefficient (Wildman–Crippen LogP) is 3.53. The third kappa shape index (κ3) is 4.40. The molecule has 0 aliphatic carbocycles. The van der Waals surface area contributed by atoms with E-state index >= 15 is 0 Å². The van der Waals surface area contributed by atoms with E-state index in [0.29, 0.717) is 18.8 Å².